The lowest BCUT2D eigenvalue weighted by Gasteiger charge is -2.43. The summed E-state index contributed by atoms with van der Waals surface area (Å²) in [5.41, 5.74) is 1.22. The number of allylic oxidation sites excluding steroid dienone is 3. The van der Waals surface area contributed by atoms with Crippen LogP contribution in [0.25, 0.3) is 11.0 Å². The first-order chi connectivity index (χ1) is 23.5. The van der Waals surface area contributed by atoms with Crippen molar-refractivity contribution in [3.63, 3.8) is 0 Å². The number of carbonyl (C=O) groups excluding carboxylic acids is 5. The third-order valence-corrected chi connectivity index (χ3v) is 6.99. The number of ether oxygens (including phenoxy) is 8. The van der Waals surface area contributed by atoms with Gasteiger partial charge in [0.05, 0.1) is 5.39 Å². The molecule has 3 rings (SSSR count). The smallest absolute Gasteiger partial charge is 0.383 e. The van der Waals surface area contributed by atoms with E-state index in [1.54, 1.807) is 0 Å². The van der Waals surface area contributed by atoms with Crippen molar-refractivity contribution in [2.75, 3.05) is 13.2 Å². The Bertz CT molecular complexity index is 1700. The molecule has 15 heteroatoms. The SMILES string of the molecule is CC(=O)OC[C@H]1O[C@H](Oc2ccc3c(OCC=C(C)CCC=C(C)C)c(OC(C)=O)c(=O)oc3c2)[C@@H](OC(C)=O)[C@@H](OC(C)=O)[C@@H]1OC(C)=O. The second kappa shape index (κ2) is 18.0. The molecule has 0 aliphatic carbocycles. The Hall–Kier alpha value is -5.18. The highest BCUT2D eigenvalue weighted by atomic mass is 16.7. The molecule has 0 bridgehead atoms. The van der Waals surface area contributed by atoms with Gasteiger partial charge in [-0.2, -0.15) is 0 Å². The molecule has 1 aliphatic rings. The molecule has 0 unspecified atom stereocenters. The summed E-state index contributed by atoms with van der Waals surface area (Å²) in [7, 11) is 0. The first-order valence-electron chi connectivity index (χ1n) is 15.7. The molecule has 5 atom stereocenters. The predicted molar refractivity (Wildman–Crippen MR) is 174 cm³/mol. The summed E-state index contributed by atoms with van der Waals surface area (Å²) in [5.74, 6) is -4.31. The van der Waals surface area contributed by atoms with Crippen LogP contribution < -0.4 is 19.8 Å². The fourth-order valence-electron chi connectivity index (χ4n) is 4.96. The van der Waals surface area contributed by atoms with Crippen LogP contribution >= 0.6 is 0 Å². The van der Waals surface area contributed by atoms with Crippen LogP contribution in [0.5, 0.6) is 17.2 Å². The van der Waals surface area contributed by atoms with Crippen LogP contribution in [-0.2, 0) is 47.7 Å². The maximum atomic E-state index is 13.0. The van der Waals surface area contributed by atoms with Gasteiger partial charge in [-0.1, -0.05) is 17.2 Å². The van der Waals surface area contributed by atoms with E-state index in [-0.39, 0.29) is 29.1 Å². The Labute approximate surface area is 288 Å². The molecule has 1 saturated heterocycles. The number of hydrogen-bond acceptors (Lipinski definition) is 15. The number of carbonyl (C=O) groups is 5. The Kier molecular flexibility index (Phi) is 14.1. The van der Waals surface area contributed by atoms with Gasteiger partial charge in [0.25, 0.3) is 5.75 Å². The Morgan fingerprint density at radius 1 is 0.760 bits per heavy atom. The van der Waals surface area contributed by atoms with E-state index in [0.29, 0.717) is 0 Å². The molecule has 0 N–H and O–H groups in total. The Balaban J connectivity index is 2.03. The van der Waals surface area contributed by atoms with Crippen LogP contribution in [0.15, 0.2) is 50.7 Å². The van der Waals surface area contributed by atoms with Crippen LogP contribution in [0, 0.1) is 0 Å². The predicted octanol–water partition coefficient (Wildman–Crippen LogP) is 4.25. The highest BCUT2D eigenvalue weighted by Gasteiger charge is 2.53. The summed E-state index contributed by atoms with van der Waals surface area (Å²) in [5, 5.41) is 0.255. The molecule has 272 valence electrons. The quantitative estimate of drug-likeness (QED) is 0.117. The zero-order valence-corrected chi connectivity index (χ0v) is 29.2. The van der Waals surface area contributed by atoms with Crippen molar-refractivity contribution in [3.05, 3.63) is 51.9 Å². The topological polar surface area (TPSA) is 189 Å². The molecule has 2 heterocycles. The third kappa shape index (κ3) is 11.5. The van der Waals surface area contributed by atoms with E-state index in [9.17, 15) is 28.8 Å². The van der Waals surface area contributed by atoms with Crippen molar-refractivity contribution in [2.45, 2.75) is 98.9 Å². The maximum absolute atomic E-state index is 13.0. The van der Waals surface area contributed by atoms with Crippen molar-refractivity contribution in [2.24, 2.45) is 0 Å². The molecule has 15 nitrogen and oxygen atoms in total. The monoisotopic (exact) mass is 702 g/mol. The minimum Gasteiger partial charge on any atom is -0.485 e. The molecule has 0 saturated carbocycles. The molecule has 1 fully saturated rings. The molecule has 1 aromatic heterocycles. The van der Waals surface area contributed by atoms with E-state index in [0.717, 1.165) is 53.0 Å². The van der Waals surface area contributed by atoms with Crippen LogP contribution in [0.1, 0.15) is 68.2 Å². The largest absolute Gasteiger partial charge is 0.485 e. The van der Waals surface area contributed by atoms with Gasteiger partial charge in [-0.15, -0.1) is 0 Å². The molecular formula is C35H42O15. The van der Waals surface area contributed by atoms with Gasteiger partial charge < -0.3 is 42.3 Å². The van der Waals surface area contributed by atoms with Gasteiger partial charge in [0.15, 0.2) is 18.0 Å². The van der Waals surface area contributed by atoms with Gasteiger partial charge >= 0.3 is 35.5 Å². The first kappa shape index (κ1) is 39.3. The molecule has 0 radical (unpaired) electrons. The maximum Gasteiger partial charge on any atom is 0.383 e. The second-order valence-corrected chi connectivity index (χ2v) is 11.7. The van der Waals surface area contributed by atoms with Crippen LogP contribution in [0.3, 0.4) is 0 Å². The molecule has 50 heavy (non-hydrogen) atoms. The van der Waals surface area contributed by atoms with E-state index in [4.69, 9.17) is 42.3 Å². The van der Waals surface area contributed by atoms with Crippen molar-refractivity contribution < 1.29 is 66.3 Å². The fourth-order valence-corrected chi connectivity index (χ4v) is 4.96. The lowest BCUT2D eigenvalue weighted by molar-refractivity contribution is -0.288. The lowest BCUT2D eigenvalue weighted by atomic mass is 9.98. The van der Waals surface area contributed by atoms with Crippen molar-refractivity contribution in [1.29, 1.82) is 0 Å². The van der Waals surface area contributed by atoms with E-state index in [1.165, 1.54) is 23.8 Å². The van der Waals surface area contributed by atoms with Crippen LogP contribution in [0.2, 0.25) is 0 Å². The van der Waals surface area contributed by atoms with E-state index in [1.807, 2.05) is 26.8 Å². The lowest BCUT2D eigenvalue weighted by Crippen LogP contribution is -2.63. The molecule has 1 aliphatic heterocycles. The van der Waals surface area contributed by atoms with Gasteiger partial charge in [-0.05, 0) is 51.8 Å². The third-order valence-electron chi connectivity index (χ3n) is 6.99. The summed E-state index contributed by atoms with van der Waals surface area (Å²) in [4.78, 5) is 72.8. The number of esters is 5. The summed E-state index contributed by atoms with van der Waals surface area (Å²) >= 11 is 0. The Morgan fingerprint density at radius 2 is 1.40 bits per heavy atom. The van der Waals surface area contributed by atoms with Gasteiger partial charge in [-0.3, -0.25) is 24.0 Å². The van der Waals surface area contributed by atoms with Crippen molar-refractivity contribution in [1.82, 2.24) is 0 Å². The van der Waals surface area contributed by atoms with E-state index < -0.39 is 78.5 Å². The molecular weight excluding hydrogens is 660 g/mol. The zero-order chi connectivity index (χ0) is 37.1. The second-order valence-electron chi connectivity index (χ2n) is 11.7. The normalized spacial score (nSPS) is 20.2. The molecule has 0 amide bonds. The van der Waals surface area contributed by atoms with E-state index >= 15 is 0 Å². The number of fused-ring (bicyclic) bond motifs is 1. The highest BCUT2D eigenvalue weighted by molar-refractivity contribution is 5.87. The average Bonchev–Trinajstić information content (AvgIpc) is 2.99. The molecule has 2 aromatic rings. The summed E-state index contributed by atoms with van der Waals surface area (Å²) in [6.07, 6.45) is -1.49. The fraction of sp³-hybridized carbons (Fsp3) is 0.486. The zero-order valence-electron chi connectivity index (χ0n) is 29.2. The molecule has 1 aromatic carbocycles. The van der Waals surface area contributed by atoms with Gasteiger partial charge in [-0.25, -0.2) is 4.79 Å². The van der Waals surface area contributed by atoms with Crippen molar-refractivity contribution >= 4 is 40.8 Å². The standard InChI is InChI=1S/C35H42O15/c1-18(2)10-9-11-19(3)14-15-42-29-26-13-12-25(16-27(26)49-34(41)32(29)46-23(7)39)48-35-33(47-24(8)40)31(45-22(6)38)30(44-21(5)37)28(50-35)17-43-20(4)36/h10,12-14,16,28,30-31,33,35H,9,11,15,17H2,1-8H3/t28-,30-,31+,33+,35+/m1/s1. The average molecular weight is 703 g/mol. The van der Waals surface area contributed by atoms with Gasteiger partial charge in [0, 0.05) is 40.7 Å². The van der Waals surface area contributed by atoms with Gasteiger partial charge in [0.2, 0.25) is 12.4 Å². The summed E-state index contributed by atoms with van der Waals surface area (Å²) in [6, 6.07) is 4.24. The van der Waals surface area contributed by atoms with Crippen molar-refractivity contribution in [3.8, 4) is 17.2 Å². The summed E-state index contributed by atoms with van der Waals surface area (Å²) in [6.45, 7) is 11.2. The van der Waals surface area contributed by atoms with E-state index in [2.05, 4.69) is 6.08 Å². The van der Waals surface area contributed by atoms with Gasteiger partial charge in [0.1, 0.15) is 30.7 Å². The number of hydrogen-bond donors (Lipinski definition) is 0. The highest BCUT2D eigenvalue weighted by Crippen LogP contribution is 2.36. The minimum absolute atomic E-state index is 0.0164. The number of rotatable bonds is 14. The summed E-state index contributed by atoms with van der Waals surface area (Å²) < 4.78 is 49.9. The molecule has 0 spiro atoms. The number of benzene rings is 1. The Morgan fingerprint density at radius 3 is 2.00 bits per heavy atom. The first-order valence-corrected chi connectivity index (χ1v) is 15.7. The van der Waals surface area contributed by atoms with Crippen LogP contribution in [-0.4, -0.2) is 73.8 Å². The van der Waals surface area contributed by atoms with Crippen LogP contribution in [0.4, 0.5) is 0 Å². The minimum atomic E-state index is -1.53.